The summed E-state index contributed by atoms with van der Waals surface area (Å²) in [5.41, 5.74) is 6.04. The van der Waals surface area contributed by atoms with E-state index in [1.807, 2.05) is 31.3 Å². The average Bonchev–Trinajstić information content (AvgIpc) is 3.24. The molecule has 0 spiro atoms. The third-order valence-electron chi connectivity index (χ3n) is 4.82. The maximum atomic E-state index is 5.97. The number of rotatable bonds is 0. The topological polar surface area (TPSA) is 48.3 Å². The molecule has 0 aliphatic rings. The lowest BCUT2D eigenvalue weighted by Crippen LogP contribution is -1.87. The second-order valence-electron chi connectivity index (χ2n) is 6.11. The highest BCUT2D eigenvalue weighted by Gasteiger charge is 2.16. The third kappa shape index (κ3) is 1.31. The van der Waals surface area contributed by atoms with E-state index in [0.717, 1.165) is 49.8 Å². The summed E-state index contributed by atoms with van der Waals surface area (Å²) in [7, 11) is 2.04. The smallest absolute Gasteiger partial charge is 0.215 e. The number of nitrogens with zero attached hydrogens (tertiary/aromatic N) is 4. The van der Waals surface area contributed by atoms with Crippen molar-refractivity contribution >= 4 is 49.8 Å². The van der Waals surface area contributed by atoms with Gasteiger partial charge in [-0.1, -0.05) is 12.1 Å². The monoisotopic (exact) mass is 312 g/mol. The van der Waals surface area contributed by atoms with E-state index in [-0.39, 0.29) is 0 Å². The fourth-order valence-electron chi connectivity index (χ4n) is 3.69. The first-order chi connectivity index (χ1) is 11.8. The van der Waals surface area contributed by atoms with Gasteiger partial charge in [0, 0.05) is 30.1 Å². The maximum absolute atomic E-state index is 5.97. The zero-order valence-corrected chi connectivity index (χ0v) is 12.9. The second kappa shape index (κ2) is 3.94. The van der Waals surface area contributed by atoms with Gasteiger partial charge in [-0.2, -0.15) is 0 Å². The van der Waals surface area contributed by atoms with Crippen LogP contribution in [0.5, 0.6) is 0 Å². The zero-order chi connectivity index (χ0) is 15.8. The normalized spacial score (nSPS) is 12.4. The van der Waals surface area contributed by atoms with Crippen LogP contribution < -0.4 is 0 Å². The molecule has 0 fully saturated rings. The van der Waals surface area contributed by atoms with Crippen LogP contribution in [-0.4, -0.2) is 18.9 Å². The van der Waals surface area contributed by atoms with E-state index >= 15 is 0 Å². The summed E-state index contributed by atoms with van der Waals surface area (Å²) in [6.07, 6.45) is 3.57. The minimum atomic E-state index is 0.814. The molecule has 0 amide bonds. The van der Waals surface area contributed by atoms with E-state index in [9.17, 15) is 0 Å². The molecule has 24 heavy (non-hydrogen) atoms. The van der Waals surface area contributed by atoms with Crippen LogP contribution >= 0.6 is 0 Å². The number of furan rings is 1. The van der Waals surface area contributed by atoms with E-state index < -0.39 is 0 Å². The molecule has 6 aromatic rings. The van der Waals surface area contributed by atoms with Crippen LogP contribution in [0.1, 0.15) is 0 Å². The molecule has 0 saturated heterocycles. The molecule has 6 rings (SSSR count). The first-order valence-corrected chi connectivity index (χ1v) is 7.83. The molecule has 2 aromatic carbocycles. The molecule has 0 saturated carbocycles. The second-order valence-corrected chi connectivity index (χ2v) is 6.11. The number of fused-ring (bicyclic) bond motifs is 8. The van der Waals surface area contributed by atoms with Gasteiger partial charge in [-0.05, 0) is 24.3 Å². The Morgan fingerprint density at radius 3 is 2.79 bits per heavy atom. The molecule has 0 bridgehead atoms. The van der Waals surface area contributed by atoms with Gasteiger partial charge >= 0.3 is 0 Å². The molecule has 0 unspecified atom stereocenters. The van der Waals surface area contributed by atoms with Crippen molar-refractivity contribution in [2.24, 2.45) is 7.05 Å². The number of aryl methyl sites for hydroxylation is 1. The zero-order valence-electron chi connectivity index (χ0n) is 12.9. The lowest BCUT2D eigenvalue weighted by atomic mass is 10.1. The van der Waals surface area contributed by atoms with Gasteiger partial charge in [0.2, 0.25) is 5.78 Å². The van der Waals surface area contributed by atoms with Crippen molar-refractivity contribution in [1.82, 2.24) is 18.9 Å². The summed E-state index contributed by atoms with van der Waals surface area (Å²) < 4.78 is 10.3. The lowest BCUT2D eigenvalue weighted by Gasteiger charge is -1.97. The standard InChI is InChI=1S/C19H12N4O/c1-22-15-9-17-12(11-6-7-20-10-18(11)24-17)8-16(15)23-14-5-3-2-4-13(14)21-19(22)23/h2-10H,1H3. The number of benzene rings is 2. The van der Waals surface area contributed by atoms with Crippen molar-refractivity contribution in [1.29, 1.82) is 0 Å². The number of hydrogen-bond acceptors (Lipinski definition) is 3. The number of pyridine rings is 1. The maximum Gasteiger partial charge on any atom is 0.215 e. The first-order valence-electron chi connectivity index (χ1n) is 7.83. The Labute approximate surface area is 135 Å². The average molecular weight is 312 g/mol. The molecule has 0 aliphatic carbocycles. The molecule has 114 valence electrons. The molecule has 0 aliphatic heterocycles. The van der Waals surface area contributed by atoms with Crippen molar-refractivity contribution in [3.63, 3.8) is 0 Å². The Bertz CT molecular complexity index is 1420. The predicted molar refractivity (Wildman–Crippen MR) is 94.2 cm³/mol. The van der Waals surface area contributed by atoms with Crippen LogP contribution in [0.4, 0.5) is 0 Å². The molecular weight excluding hydrogens is 300 g/mol. The van der Waals surface area contributed by atoms with E-state index in [0.29, 0.717) is 0 Å². The van der Waals surface area contributed by atoms with Gasteiger partial charge in [0.05, 0.1) is 28.3 Å². The van der Waals surface area contributed by atoms with Crippen molar-refractivity contribution < 1.29 is 4.42 Å². The van der Waals surface area contributed by atoms with Crippen molar-refractivity contribution in [3.05, 3.63) is 54.9 Å². The van der Waals surface area contributed by atoms with E-state index in [1.165, 1.54) is 0 Å². The summed E-state index contributed by atoms with van der Waals surface area (Å²) in [6, 6.07) is 14.5. The highest BCUT2D eigenvalue weighted by atomic mass is 16.3. The van der Waals surface area contributed by atoms with Crippen molar-refractivity contribution in [3.8, 4) is 0 Å². The minimum Gasteiger partial charge on any atom is -0.454 e. The molecule has 0 N–H and O–H groups in total. The van der Waals surface area contributed by atoms with Gasteiger partial charge in [-0.15, -0.1) is 0 Å². The summed E-state index contributed by atoms with van der Waals surface area (Å²) in [5, 5.41) is 2.19. The van der Waals surface area contributed by atoms with Crippen LogP contribution in [0, 0.1) is 0 Å². The summed E-state index contributed by atoms with van der Waals surface area (Å²) in [6.45, 7) is 0. The summed E-state index contributed by atoms with van der Waals surface area (Å²) in [4.78, 5) is 8.93. The van der Waals surface area contributed by atoms with E-state index in [2.05, 4.69) is 32.2 Å². The molecule has 4 heterocycles. The fraction of sp³-hybridized carbons (Fsp3) is 0.0526. The SMILES string of the molecule is Cn1c2cc3oc4cnccc4c3cc2n2c3ccccc3nc12. The Balaban J connectivity index is 1.91. The van der Waals surface area contributed by atoms with Gasteiger partial charge in [-0.25, -0.2) is 4.98 Å². The molecular formula is C19H12N4O. The van der Waals surface area contributed by atoms with Crippen LogP contribution in [0.25, 0.3) is 49.8 Å². The quantitative estimate of drug-likeness (QED) is 0.421. The number of aromatic nitrogens is 4. The van der Waals surface area contributed by atoms with Crippen LogP contribution in [0.2, 0.25) is 0 Å². The molecule has 0 radical (unpaired) electrons. The Morgan fingerprint density at radius 2 is 1.83 bits per heavy atom. The van der Waals surface area contributed by atoms with E-state index in [1.54, 1.807) is 12.4 Å². The van der Waals surface area contributed by atoms with E-state index in [4.69, 9.17) is 9.40 Å². The van der Waals surface area contributed by atoms with Crippen molar-refractivity contribution in [2.45, 2.75) is 0 Å². The van der Waals surface area contributed by atoms with Gasteiger partial charge < -0.3 is 8.98 Å². The Morgan fingerprint density at radius 1 is 0.917 bits per heavy atom. The highest BCUT2D eigenvalue weighted by Crippen LogP contribution is 2.33. The van der Waals surface area contributed by atoms with Gasteiger partial charge in [0.15, 0.2) is 5.58 Å². The Hall–Kier alpha value is -3.34. The van der Waals surface area contributed by atoms with Gasteiger partial charge in [-0.3, -0.25) is 9.38 Å². The summed E-state index contributed by atoms with van der Waals surface area (Å²) >= 11 is 0. The van der Waals surface area contributed by atoms with Crippen LogP contribution in [0.3, 0.4) is 0 Å². The largest absolute Gasteiger partial charge is 0.454 e. The highest BCUT2D eigenvalue weighted by molar-refractivity contribution is 6.09. The number of para-hydroxylation sites is 2. The molecule has 0 atom stereocenters. The van der Waals surface area contributed by atoms with Crippen LogP contribution in [-0.2, 0) is 7.05 Å². The third-order valence-corrected chi connectivity index (χ3v) is 4.82. The number of imidazole rings is 2. The van der Waals surface area contributed by atoms with Gasteiger partial charge in [0.1, 0.15) is 5.58 Å². The van der Waals surface area contributed by atoms with Crippen molar-refractivity contribution in [2.75, 3.05) is 0 Å². The van der Waals surface area contributed by atoms with Gasteiger partial charge in [0.25, 0.3) is 0 Å². The molecule has 4 aromatic heterocycles. The Kier molecular flexibility index (Phi) is 1.99. The van der Waals surface area contributed by atoms with Crippen LogP contribution in [0.15, 0.2) is 59.3 Å². The fourth-order valence-corrected chi connectivity index (χ4v) is 3.69. The molecule has 5 heteroatoms. The summed E-state index contributed by atoms with van der Waals surface area (Å²) in [5.74, 6) is 0.935. The lowest BCUT2D eigenvalue weighted by molar-refractivity contribution is 0.667. The molecule has 5 nitrogen and oxygen atoms in total. The first kappa shape index (κ1) is 12.1. The minimum absolute atomic E-state index is 0.814. The number of hydrogen-bond donors (Lipinski definition) is 0. The predicted octanol–water partition coefficient (Wildman–Crippen LogP) is 4.27.